The van der Waals surface area contributed by atoms with E-state index in [2.05, 4.69) is 30.4 Å². The molecule has 0 aliphatic heterocycles. The van der Waals surface area contributed by atoms with Gasteiger partial charge in [0, 0.05) is 22.7 Å². The van der Waals surface area contributed by atoms with E-state index in [1.54, 1.807) is 6.07 Å². The summed E-state index contributed by atoms with van der Waals surface area (Å²) >= 11 is 5.79. The van der Waals surface area contributed by atoms with Crippen molar-refractivity contribution in [3.05, 3.63) is 41.2 Å². The fourth-order valence-electron chi connectivity index (χ4n) is 2.57. The van der Waals surface area contributed by atoms with Crippen LogP contribution in [0.25, 0.3) is 33.5 Å². The number of nitrogens with zero attached hydrogens (tertiary/aromatic N) is 3. The topological polar surface area (TPSA) is 86.0 Å². The lowest BCUT2D eigenvalue weighted by atomic mass is 10.0. The van der Waals surface area contributed by atoms with Gasteiger partial charge in [-0.25, -0.2) is 4.39 Å². The van der Waals surface area contributed by atoms with Crippen LogP contribution in [0.5, 0.6) is 0 Å². The number of H-pyrrole nitrogens is 3. The first-order valence-corrected chi connectivity index (χ1v) is 7.23. The Bertz CT molecular complexity index is 1060. The molecule has 0 unspecified atom stereocenters. The molecule has 0 atom stereocenters. The van der Waals surface area contributed by atoms with E-state index < -0.39 is 17.8 Å². The van der Waals surface area contributed by atoms with Crippen LogP contribution in [0.15, 0.2) is 24.5 Å². The Morgan fingerprint density at radius 3 is 2.52 bits per heavy atom. The van der Waals surface area contributed by atoms with Gasteiger partial charge in [0.15, 0.2) is 11.6 Å². The smallest absolute Gasteiger partial charge is 0.349 e. The van der Waals surface area contributed by atoms with Gasteiger partial charge in [0.25, 0.3) is 0 Å². The van der Waals surface area contributed by atoms with E-state index in [-0.39, 0.29) is 22.1 Å². The van der Waals surface area contributed by atoms with Crippen molar-refractivity contribution in [3.8, 4) is 22.6 Å². The predicted molar refractivity (Wildman–Crippen MR) is 81.2 cm³/mol. The number of rotatable bonds is 2. The zero-order chi connectivity index (χ0) is 17.8. The maximum absolute atomic E-state index is 14.3. The molecule has 0 saturated heterocycles. The lowest BCUT2D eigenvalue weighted by molar-refractivity contribution is -0.144. The van der Waals surface area contributed by atoms with Crippen molar-refractivity contribution in [2.24, 2.45) is 0 Å². The molecule has 4 aromatic rings. The molecular weight excluding hydrogens is 364 g/mol. The number of benzene rings is 1. The quantitative estimate of drug-likeness (QED) is 0.463. The number of alkyl halides is 3. The molecular formula is C14H7ClF4N6. The van der Waals surface area contributed by atoms with Gasteiger partial charge in [0.1, 0.15) is 0 Å². The summed E-state index contributed by atoms with van der Waals surface area (Å²) in [5.74, 6) is -2.15. The molecule has 0 bridgehead atoms. The van der Waals surface area contributed by atoms with E-state index in [9.17, 15) is 17.6 Å². The molecule has 0 aliphatic carbocycles. The number of fused-ring (bicyclic) bond motifs is 1. The number of aromatic amines is 3. The maximum atomic E-state index is 14.3. The number of halogens is 5. The summed E-state index contributed by atoms with van der Waals surface area (Å²) in [6.07, 6.45) is -1.69. The van der Waals surface area contributed by atoms with E-state index in [0.29, 0.717) is 16.5 Å². The average molecular weight is 371 g/mol. The van der Waals surface area contributed by atoms with E-state index >= 15 is 0 Å². The van der Waals surface area contributed by atoms with Gasteiger partial charge in [-0.05, 0) is 6.07 Å². The van der Waals surface area contributed by atoms with Crippen LogP contribution in [-0.2, 0) is 6.18 Å². The minimum Gasteiger partial charge on any atom is -0.349 e. The average Bonchev–Trinajstić information content (AvgIpc) is 3.27. The fourth-order valence-corrected chi connectivity index (χ4v) is 2.73. The molecule has 0 amide bonds. The summed E-state index contributed by atoms with van der Waals surface area (Å²) in [4.78, 5) is 4.84. The highest BCUT2D eigenvalue weighted by Crippen LogP contribution is 2.39. The third-order valence-corrected chi connectivity index (χ3v) is 3.94. The van der Waals surface area contributed by atoms with Gasteiger partial charge in [0.05, 0.1) is 22.4 Å². The van der Waals surface area contributed by atoms with Crippen molar-refractivity contribution in [3.63, 3.8) is 0 Å². The zero-order valence-electron chi connectivity index (χ0n) is 12.0. The van der Waals surface area contributed by atoms with Crippen molar-refractivity contribution in [2.75, 3.05) is 0 Å². The van der Waals surface area contributed by atoms with E-state index in [1.165, 1.54) is 18.5 Å². The highest BCUT2D eigenvalue weighted by atomic mass is 35.5. The normalized spacial score (nSPS) is 12.2. The third-order valence-electron chi connectivity index (χ3n) is 3.64. The van der Waals surface area contributed by atoms with Gasteiger partial charge >= 0.3 is 6.18 Å². The van der Waals surface area contributed by atoms with Crippen LogP contribution in [0.1, 0.15) is 5.82 Å². The third kappa shape index (κ3) is 2.45. The van der Waals surface area contributed by atoms with Crippen LogP contribution in [-0.4, -0.2) is 30.4 Å². The number of hydrogen-bond acceptors (Lipinski definition) is 3. The molecule has 128 valence electrons. The molecule has 0 spiro atoms. The standard InChI is InChI=1S/C14H7ClF4N6/c15-7-2-1-6-8(5-3-20-21-4-5)11(22-10(6)9(7)16)12-23-13(25-24-12)14(17,18)19/h1-4,22H,(H,20,21)(H,23,24,25). The highest BCUT2D eigenvalue weighted by molar-refractivity contribution is 6.31. The van der Waals surface area contributed by atoms with Crippen molar-refractivity contribution in [1.29, 1.82) is 0 Å². The van der Waals surface area contributed by atoms with Crippen LogP contribution >= 0.6 is 11.6 Å². The van der Waals surface area contributed by atoms with Crippen LogP contribution in [0.4, 0.5) is 17.6 Å². The van der Waals surface area contributed by atoms with Gasteiger partial charge < -0.3 is 9.97 Å². The highest BCUT2D eigenvalue weighted by Gasteiger charge is 2.36. The predicted octanol–water partition coefficient (Wildman–Crippen LogP) is 4.15. The second-order valence-electron chi connectivity index (χ2n) is 5.17. The molecule has 6 nitrogen and oxygen atoms in total. The molecule has 4 rings (SSSR count). The number of aromatic nitrogens is 6. The Hall–Kier alpha value is -2.88. The molecule has 3 heterocycles. The molecule has 0 saturated carbocycles. The molecule has 1 aromatic carbocycles. The van der Waals surface area contributed by atoms with Crippen molar-refractivity contribution >= 4 is 22.5 Å². The van der Waals surface area contributed by atoms with E-state index in [1.807, 2.05) is 0 Å². The van der Waals surface area contributed by atoms with Gasteiger partial charge in [-0.15, -0.1) is 10.2 Å². The van der Waals surface area contributed by atoms with Crippen molar-refractivity contribution < 1.29 is 17.6 Å². The Kier molecular flexibility index (Phi) is 3.32. The van der Waals surface area contributed by atoms with Crippen LogP contribution < -0.4 is 0 Å². The summed E-state index contributed by atoms with van der Waals surface area (Å²) in [6, 6.07) is 2.92. The summed E-state index contributed by atoms with van der Waals surface area (Å²) < 4.78 is 52.7. The summed E-state index contributed by atoms with van der Waals surface area (Å²) in [6.45, 7) is 0. The first kappa shape index (κ1) is 15.6. The number of hydrogen-bond donors (Lipinski definition) is 3. The second-order valence-corrected chi connectivity index (χ2v) is 5.57. The molecule has 3 N–H and O–H groups in total. The second kappa shape index (κ2) is 5.31. The maximum Gasteiger partial charge on any atom is 0.451 e. The lowest BCUT2D eigenvalue weighted by Crippen LogP contribution is -2.07. The number of nitrogens with one attached hydrogen (secondary N) is 3. The first-order valence-electron chi connectivity index (χ1n) is 6.85. The van der Waals surface area contributed by atoms with Crippen LogP contribution in [0, 0.1) is 5.82 Å². The monoisotopic (exact) mass is 370 g/mol. The van der Waals surface area contributed by atoms with Crippen molar-refractivity contribution in [2.45, 2.75) is 6.18 Å². The SMILES string of the molecule is Fc1c(Cl)ccc2c(-c3cn[nH]c3)c(-c3nnc(C(F)(F)F)[nH]3)[nH]c12. The molecule has 0 aliphatic rings. The molecule has 3 aromatic heterocycles. The van der Waals surface area contributed by atoms with Gasteiger partial charge in [-0.3, -0.25) is 5.10 Å². The van der Waals surface area contributed by atoms with Gasteiger partial charge in [0.2, 0.25) is 5.82 Å². The van der Waals surface area contributed by atoms with Gasteiger partial charge in [-0.1, -0.05) is 17.7 Å². The Morgan fingerprint density at radius 1 is 1.08 bits per heavy atom. The summed E-state index contributed by atoms with van der Waals surface area (Å²) in [5, 5.41) is 13.4. The Labute approximate surface area is 141 Å². The molecule has 25 heavy (non-hydrogen) atoms. The minimum atomic E-state index is -4.68. The molecule has 0 fully saturated rings. The lowest BCUT2D eigenvalue weighted by Gasteiger charge is -2.01. The molecule has 0 radical (unpaired) electrons. The largest absolute Gasteiger partial charge is 0.451 e. The van der Waals surface area contributed by atoms with Gasteiger partial charge in [-0.2, -0.15) is 18.3 Å². The first-order chi connectivity index (χ1) is 11.9. The van der Waals surface area contributed by atoms with Crippen LogP contribution in [0.3, 0.4) is 0 Å². The van der Waals surface area contributed by atoms with Crippen LogP contribution in [0.2, 0.25) is 5.02 Å². The zero-order valence-corrected chi connectivity index (χ0v) is 12.8. The van der Waals surface area contributed by atoms with E-state index in [0.717, 1.165) is 0 Å². The summed E-state index contributed by atoms with van der Waals surface area (Å²) in [7, 11) is 0. The Morgan fingerprint density at radius 2 is 1.88 bits per heavy atom. The Balaban J connectivity index is 2.02. The fraction of sp³-hybridized carbons (Fsp3) is 0.0714. The van der Waals surface area contributed by atoms with E-state index in [4.69, 9.17) is 11.6 Å². The summed E-state index contributed by atoms with van der Waals surface area (Å²) in [5.41, 5.74) is 1.14. The minimum absolute atomic E-state index is 0.0451. The van der Waals surface area contributed by atoms with Crippen molar-refractivity contribution in [1.82, 2.24) is 30.4 Å². The molecule has 11 heteroatoms.